The van der Waals surface area contributed by atoms with Gasteiger partial charge in [-0.15, -0.1) is 11.3 Å². The first-order valence-corrected chi connectivity index (χ1v) is 6.35. The van der Waals surface area contributed by atoms with Gasteiger partial charge in [0.15, 0.2) is 0 Å². The Morgan fingerprint density at radius 2 is 2.46 bits per heavy atom. The van der Waals surface area contributed by atoms with Crippen LogP contribution in [0.15, 0.2) is 12.1 Å². The monoisotopic (exact) mass is 280 g/mol. The fourth-order valence-electron chi connectivity index (χ4n) is 1.49. The van der Waals surface area contributed by atoms with Crippen LogP contribution in [-0.2, 0) is 4.74 Å². The van der Waals surface area contributed by atoms with Gasteiger partial charge < -0.3 is 4.74 Å². The van der Waals surface area contributed by atoms with Gasteiger partial charge >= 0.3 is 0 Å². The topological polar surface area (TPSA) is 9.23 Å². The van der Waals surface area contributed by atoms with Crippen molar-refractivity contribution in [3.63, 3.8) is 0 Å². The first kappa shape index (κ1) is 9.97. The lowest BCUT2D eigenvalue weighted by Crippen LogP contribution is -2.05. The molecule has 1 saturated heterocycles. The first-order valence-electron chi connectivity index (χ1n) is 4.24. The van der Waals surface area contributed by atoms with E-state index in [9.17, 15) is 0 Å². The van der Waals surface area contributed by atoms with Crippen LogP contribution in [0.4, 0.5) is 0 Å². The van der Waals surface area contributed by atoms with E-state index in [0.717, 1.165) is 24.0 Å². The number of hydrogen-bond acceptors (Lipinski definition) is 2. The summed E-state index contributed by atoms with van der Waals surface area (Å²) in [4.78, 5) is 1.72. The summed E-state index contributed by atoms with van der Waals surface area (Å²) >= 11 is 11.2. The van der Waals surface area contributed by atoms with Crippen LogP contribution in [0.2, 0.25) is 4.34 Å². The molecule has 2 atom stereocenters. The molecule has 72 valence electrons. The van der Waals surface area contributed by atoms with Gasteiger partial charge in [0.2, 0.25) is 0 Å². The van der Waals surface area contributed by atoms with Gasteiger partial charge in [0, 0.05) is 17.4 Å². The highest BCUT2D eigenvalue weighted by molar-refractivity contribution is 9.09. The van der Waals surface area contributed by atoms with Crippen LogP contribution in [0, 0.1) is 5.92 Å². The second-order valence-electron chi connectivity index (χ2n) is 3.17. The second kappa shape index (κ2) is 4.30. The summed E-state index contributed by atoms with van der Waals surface area (Å²) in [5.41, 5.74) is 0. The van der Waals surface area contributed by atoms with Crippen LogP contribution in [0.3, 0.4) is 0 Å². The third-order valence-corrected chi connectivity index (χ3v) is 5.10. The highest BCUT2D eigenvalue weighted by Crippen LogP contribution is 2.40. The van der Waals surface area contributed by atoms with E-state index in [1.165, 1.54) is 4.88 Å². The molecule has 0 saturated carbocycles. The van der Waals surface area contributed by atoms with E-state index in [2.05, 4.69) is 22.0 Å². The zero-order valence-electron chi connectivity index (χ0n) is 7.00. The van der Waals surface area contributed by atoms with Crippen LogP contribution in [0.25, 0.3) is 0 Å². The second-order valence-corrected chi connectivity index (χ2v) is 5.90. The Bertz CT molecular complexity index is 283. The van der Waals surface area contributed by atoms with Gasteiger partial charge in [-0.25, -0.2) is 0 Å². The summed E-state index contributed by atoms with van der Waals surface area (Å²) in [5, 5.41) is 0. The molecule has 0 aromatic carbocycles. The molecular formula is C9H10BrClOS. The van der Waals surface area contributed by atoms with Crippen LogP contribution >= 0.6 is 38.9 Å². The summed E-state index contributed by atoms with van der Waals surface area (Å²) in [6, 6.07) is 4.04. The molecule has 1 fully saturated rings. The summed E-state index contributed by atoms with van der Waals surface area (Å²) < 4.78 is 6.21. The van der Waals surface area contributed by atoms with E-state index in [0.29, 0.717) is 10.7 Å². The number of hydrogen-bond donors (Lipinski definition) is 0. The van der Waals surface area contributed by atoms with Gasteiger partial charge in [0.05, 0.1) is 15.8 Å². The summed E-state index contributed by atoms with van der Waals surface area (Å²) in [6.45, 7) is 1.76. The molecule has 0 aliphatic carbocycles. The minimum atomic E-state index is 0.410. The number of halogens is 2. The van der Waals surface area contributed by atoms with Crippen molar-refractivity contribution in [2.45, 2.75) is 11.2 Å². The van der Waals surface area contributed by atoms with Crippen LogP contribution in [-0.4, -0.2) is 13.2 Å². The zero-order valence-corrected chi connectivity index (χ0v) is 10.2. The SMILES string of the molecule is Clc1ccc(C(Br)C2CCOC2)s1. The lowest BCUT2D eigenvalue weighted by molar-refractivity contribution is 0.186. The van der Waals surface area contributed by atoms with Crippen molar-refractivity contribution >= 4 is 38.9 Å². The minimum absolute atomic E-state index is 0.410. The predicted octanol–water partition coefficient (Wildman–Crippen LogP) is 3.87. The van der Waals surface area contributed by atoms with Gasteiger partial charge in [-0.1, -0.05) is 27.5 Å². The third kappa shape index (κ3) is 2.27. The van der Waals surface area contributed by atoms with Gasteiger partial charge in [-0.3, -0.25) is 0 Å². The molecule has 1 nitrogen and oxygen atoms in total. The van der Waals surface area contributed by atoms with E-state index in [-0.39, 0.29) is 0 Å². The van der Waals surface area contributed by atoms with Crippen molar-refractivity contribution < 1.29 is 4.74 Å². The lowest BCUT2D eigenvalue weighted by atomic mass is 10.0. The van der Waals surface area contributed by atoms with Crippen molar-refractivity contribution in [2.24, 2.45) is 5.92 Å². The molecule has 2 rings (SSSR count). The van der Waals surface area contributed by atoms with Crippen LogP contribution in [0.5, 0.6) is 0 Å². The molecule has 13 heavy (non-hydrogen) atoms. The molecule has 2 heterocycles. The van der Waals surface area contributed by atoms with Crippen molar-refractivity contribution in [3.8, 4) is 0 Å². The molecule has 1 aromatic heterocycles. The highest BCUT2D eigenvalue weighted by atomic mass is 79.9. The molecule has 1 aromatic rings. The average molecular weight is 282 g/mol. The van der Waals surface area contributed by atoms with Gasteiger partial charge in [0.1, 0.15) is 0 Å². The quantitative estimate of drug-likeness (QED) is 0.748. The van der Waals surface area contributed by atoms with Crippen LogP contribution in [0.1, 0.15) is 16.1 Å². The molecule has 1 aliphatic rings. The van der Waals surface area contributed by atoms with Gasteiger partial charge in [-0.05, 0) is 18.6 Å². The Balaban J connectivity index is 2.07. The lowest BCUT2D eigenvalue weighted by Gasteiger charge is -2.13. The number of ether oxygens (including phenoxy) is 1. The van der Waals surface area contributed by atoms with E-state index < -0.39 is 0 Å². The maximum Gasteiger partial charge on any atom is 0.0931 e. The number of rotatable bonds is 2. The Kier molecular flexibility index (Phi) is 3.30. The molecule has 0 radical (unpaired) electrons. The van der Waals surface area contributed by atoms with Crippen molar-refractivity contribution in [2.75, 3.05) is 13.2 Å². The molecule has 1 aliphatic heterocycles. The van der Waals surface area contributed by atoms with Gasteiger partial charge in [0.25, 0.3) is 0 Å². The minimum Gasteiger partial charge on any atom is -0.381 e. The fraction of sp³-hybridized carbons (Fsp3) is 0.556. The molecular weight excluding hydrogens is 272 g/mol. The van der Waals surface area contributed by atoms with E-state index >= 15 is 0 Å². The maximum atomic E-state index is 5.88. The van der Waals surface area contributed by atoms with Crippen molar-refractivity contribution in [1.82, 2.24) is 0 Å². The third-order valence-electron chi connectivity index (χ3n) is 2.24. The molecule has 0 bridgehead atoms. The smallest absolute Gasteiger partial charge is 0.0931 e. The van der Waals surface area contributed by atoms with E-state index in [1.807, 2.05) is 6.07 Å². The van der Waals surface area contributed by atoms with E-state index in [1.54, 1.807) is 11.3 Å². The molecule has 4 heteroatoms. The number of thiophene rings is 1. The average Bonchev–Trinajstić information content (AvgIpc) is 2.72. The maximum absolute atomic E-state index is 5.88. The molecule has 0 amide bonds. The summed E-state index contributed by atoms with van der Waals surface area (Å²) in [5.74, 6) is 0.606. The Labute approximate surface area is 95.2 Å². The summed E-state index contributed by atoms with van der Waals surface area (Å²) in [6.07, 6.45) is 1.14. The first-order chi connectivity index (χ1) is 6.27. The summed E-state index contributed by atoms with van der Waals surface area (Å²) in [7, 11) is 0. The molecule has 0 N–H and O–H groups in total. The normalized spacial score (nSPS) is 24.9. The van der Waals surface area contributed by atoms with Crippen molar-refractivity contribution in [3.05, 3.63) is 21.3 Å². The van der Waals surface area contributed by atoms with Crippen molar-refractivity contribution in [1.29, 1.82) is 0 Å². The highest BCUT2D eigenvalue weighted by Gasteiger charge is 2.25. The largest absolute Gasteiger partial charge is 0.381 e. The van der Waals surface area contributed by atoms with Gasteiger partial charge in [-0.2, -0.15) is 0 Å². The van der Waals surface area contributed by atoms with Crippen LogP contribution < -0.4 is 0 Å². The Morgan fingerprint density at radius 3 is 3.00 bits per heavy atom. The Hall–Kier alpha value is 0.430. The zero-order chi connectivity index (χ0) is 9.26. The molecule has 0 spiro atoms. The number of alkyl halides is 1. The van der Waals surface area contributed by atoms with E-state index in [4.69, 9.17) is 16.3 Å². The fourth-order valence-corrected chi connectivity index (χ4v) is 3.47. The predicted molar refractivity (Wildman–Crippen MR) is 59.9 cm³/mol. The standard InChI is InChI=1S/C9H10BrClOS/c10-9(6-3-4-12-5-6)7-1-2-8(11)13-7/h1-2,6,9H,3-5H2. The molecule has 2 unspecified atom stereocenters. The Morgan fingerprint density at radius 1 is 1.62 bits per heavy atom.